The zero-order valence-electron chi connectivity index (χ0n) is 12.0. The maximum Gasteiger partial charge on any atom is 0.274 e. The molecule has 1 aliphatic heterocycles. The van der Waals surface area contributed by atoms with Crippen molar-refractivity contribution in [3.63, 3.8) is 0 Å². The highest BCUT2D eigenvalue weighted by molar-refractivity contribution is 5.61. The number of hydrogen-bond donors (Lipinski definition) is 1. The average Bonchev–Trinajstić information content (AvgIpc) is 3.04. The van der Waals surface area contributed by atoms with Crippen molar-refractivity contribution in [2.45, 2.75) is 18.4 Å². The van der Waals surface area contributed by atoms with Crippen LogP contribution in [0.3, 0.4) is 0 Å². The number of fused-ring (bicyclic) bond motifs is 3. The number of anilines is 1. The van der Waals surface area contributed by atoms with Crippen molar-refractivity contribution in [1.29, 1.82) is 0 Å². The van der Waals surface area contributed by atoms with Crippen molar-refractivity contribution in [2.24, 2.45) is 5.92 Å². The van der Waals surface area contributed by atoms with Crippen LogP contribution in [0.15, 0.2) is 60.7 Å². The lowest BCUT2D eigenvalue weighted by Crippen LogP contribution is -2.29. The smallest absolute Gasteiger partial charge is 0.274 e. The first-order chi connectivity index (χ1) is 10.8. The van der Waals surface area contributed by atoms with Crippen LogP contribution < -0.4 is 5.32 Å². The van der Waals surface area contributed by atoms with Gasteiger partial charge in [-0.1, -0.05) is 48.6 Å². The van der Waals surface area contributed by atoms with Crippen molar-refractivity contribution >= 4 is 11.4 Å². The lowest BCUT2D eigenvalue weighted by molar-refractivity contribution is -0.385. The molecule has 22 heavy (non-hydrogen) atoms. The van der Waals surface area contributed by atoms with Gasteiger partial charge in [-0.25, -0.2) is 0 Å². The van der Waals surface area contributed by atoms with Crippen LogP contribution >= 0.6 is 0 Å². The second-order valence-electron chi connectivity index (χ2n) is 5.88. The number of nitrogens with one attached hydrogen (secondary N) is 1. The molecule has 1 N–H and O–H groups in total. The summed E-state index contributed by atoms with van der Waals surface area (Å²) in [4.78, 5) is 11.1. The molecular weight excluding hydrogens is 276 g/mol. The molecule has 0 fully saturated rings. The van der Waals surface area contributed by atoms with Crippen LogP contribution in [0.2, 0.25) is 0 Å². The summed E-state index contributed by atoms with van der Waals surface area (Å²) in [5, 5.41) is 14.9. The SMILES string of the molecule is O=[N+]([O-])c1ccccc1C1Nc2ccccc2C2C=CCC21. The second kappa shape index (κ2) is 4.98. The summed E-state index contributed by atoms with van der Waals surface area (Å²) in [6, 6.07) is 15.3. The van der Waals surface area contributed by atoms with E-state index in [0.29, 0.717) is 11.8 Å². The van der Waals surface area contributed by atoms with Crippen LogP contribution in [0, 0.1) is 16.0 Å². The van der Waals surface area contributed by atoms with Crippen LogP contribution in [-0.4, -0.2) is 4.92 Å². The number of para-hydroxylation sites is 2. The Labute approximate surface area is 128 Å². The normalized spacial score (nSPS) is 25.2. The Morgan fingerprint density at radius 1 is 1.05 bits per heavy atom. The first-order valence-electron chi connectivity index (χ1n) is 7.51. The zero-order chi connectivity index (χ0) is 15.1. The Kier molecular flexibility index (Phi) is 2.96. The van der Waals surface area contributed by atoms with Crippen molar-refractivity contribution < 1.29 is 4.92 Å². The van der Waals surface area contributed by atoms with Crippen LogP contribution in [0.25, 0.3) is 0 Å². The summed E-state index contributed by atoms with van der Waals surface area (Å²) in [5.74, 6) is 0.665. The maximum absolute atomic E-state index is 11.4. The van der Waals surface area contributed by atoms with Crippen LogP contribution in [0.4, 0.5) is 11.4 Å². The predicted octanol–water partition coefficient (Wildman–Crippen LogP) is 4.42. The van der Waals surface area contributed by atoms with E-state index >= 15 is 0 Å². The fourth-order valence-corrected chi connectivity index (χ4v) is 3.77. The van der Waals surface area contributed by atoms with Gasteiger partial charge in [0.1, 0.15) is 0 Å². The summed E-state index contributed by atoms with van der Waals surface area (Å²) in [5.41, 5.74) is 3.35. The highest BCUT2D eigenvalue weighted by Gasteiger charge is 2.39. The largest absolute Gasteiger partial charge is 0.377 e. The summed E-state index contributed by atoms with van der Waals surface area (Å²) in [7, 11) is 0. The van der Waals surface area contributed by atoms with Crippen molar-refractivity contribution in [3.8, 4) is 0 Å². The van der Waals surface area contributed by atoms with Gasteiger partial charge in [0.15, 0.2) is 0 Å². The Hall–Kier alpha value is -2.62. The topological polar surface area (TPSA) is 55.2 Å². The molecule has 2 aliphatic rings. The van der Waals surface area contributed by atoms with Gasteiger partial charge in [-0.3, -0.25) is 10.1 Å². The minimum atomic E-state index is -0.283. The molecule has 0 saturated heterocycles. The molecule has 0 bridgehead atoms. The average molecular weight is 292 g/mol. The minimum Gasteiger partial charge on any atom is -0.377 e. The predicted molar refractivity (Wildman–Crippen MR) is 85.9 cm³/mol. The third-order valence-electron chi connectivity index (χ3n) is 4.74. The molecule has 0 spiro atoms. The Morgan fingerprint density at radius 2 is 1.77 bits per heavy atom. The van der Waals surface area contributed by atoms with Gasteiger partial charge in [-0.15, -0.1) is 0 Å². The van der Waals surface area contributed by atoms with E-state index in [-0.39, 0.29) is 16.7 Å². The lowest BCUT2D eigenvalue weighted by atomic mass is 9.77. The van der Waals surface area contributed by atoms with Gasteiger partial charge in [0, 0.05) is 17.7 Å². The summed E-state index contributed by atoms with van der Waals surface area (Å²) < 4.78 is 0. The molecule has 1 aliphatic carbocycles. The van der Waals surface area contributed by atoms with Crippen molar-refractivity contribution in [1.82, 2.24) is 0 Å². The Bertz CT molecular complexity index is 769. The van der Waals surface area contributed by atoms with E-state index in [0.717, 1.165) is 17.7 Å². The number of hydrogen-bond acceptors (Lipinski definition) is 3. The van der Waals surface area contributed by atoms with Gasteiger partial charge in [-0.2, -0.15) is 0 Å². The van der Waals surface area contributed by atoms with Gasteiger partial charge in [-0.05, 0) is 24.0 Å². The van der Waals surface area contributed by atoms with Gasteiger partial charge >= 0.3 is 0 Å². The van der Waals surface area contributed by atoms with Gasteiger partial charge in [0.05, 0.1) is 16.5 Å². The molecule has 0 amide bonds. The highest BCUT2D eigenvalue weighted by Crippen LogP contribution is 2.50. The molecule has 4 nitrogen and oxygen atoms in total. The molecule has 3 atom stereocenters. The van der Waals surface area contributed by atoms with E-state index in [1.165, 1.54) is 5.56 Å². The number of nitrogens with zero attached hydrogens (tertiary/aromatic N) is 1. The van der Waals surface area contributed by atoms with Crippen molar-refractivity contribution in [2.75, 3.05) is 5.32 Å². The van der Waals surface area contributed by atoms with Crippen LogP contribution in [0.1, 0.15) is 29.5 Å². The van der Waals surface area contributed by atoms with Gasteiger partial charge in [0.2, 0.25) is 0 Å². The molecule has 0 saturated carbocycles. The molecule has 3 unspecified atom stereocenters. The minimum absolute atomic E-state index is 0.0310. The third-order valence-corrected chi connectivity index (χ3v) is 4.74. The Balaban J connectivity index is 1.83. The van der Waals surface area contributed by atoms with Gasteiger partial charge in [0.25, 0.3) is 5.69 Å². The fourth-order valence-electron chi connectivity index (χ4n) is 3.77. The number of benzene rings is 2. The summed E-state index contributed by atoms with van der Waals surface area (Å²) >= 11 is 0. The van der Waals surface area contributed by atoms with E-state index in [1.54, 1.807) is 12.1 Å². The summed E-state index contributed by atoms with van der Waals surface area (Å²) in [6.07, 6.45) is 5.38. The number of rotatable bonds is 2. The molecular formula is C18H16N2O2. The molecule has 2 aromatic carbocycles. The maximum atomic E-state index is 11.4. The quantitative estimate of drug-likeness (QED) is 0.506. The molecule has 1 heterocycles. The standard InChI is InChI=1S/C18H16N2O2/c21-20(22)17-11-4-2-7-15(17)18-14-9-5-8-12(14)13-6-1-3-10-16(13)19-18/h1-8,10-12,14,18-19H,9H2. The molecule has 0 aromatic heterocycles. The Morgan fingerprint density at radius 3 is 2.59 bits per heavy atom. The van der Waals surface area contributed by atoms with Crippen molar-refractivity contribution in [3.05, 3.63) is 81.9 Å². The van der Waals surface area contributed by atoms with Crippen LogP contribution in [-0.2, 0) is 0 Å². The number of nitro benzene ring substituents is 1. The summed E-state index contributed by atoms with van der Waals surface area (Å²) in [6.45, 7) is 0. The zero-order valence-corrected chi connectivity index (χ0v) is 12.0. The van der Waals surface area contributed by atoms with E-state index in [2.05, 4.69) is 35.7 Å². The van der Waals surface area contributed by atoms with E-state index in [9.17, 15) is 10.1 Å². The first-order valence-corrected chi connectivity index (χ1v) is 7.51. The monoisotopic (exact) mass is 292 g/mol. The lowest BCUT2D eigenvalue weighted by Gasteiger charge is -2.37. The molecule has 2 aromatic rings. The third kappa shape index (κ3) is 1.91. The number of nitro groups is 1. The van der Waals surface area contributed by atoms with E-state index in [4.69, 9.17) is 0 Å². The van der Waals surface area contributed by atoms with Gasteiger partial charge < -0.3 is 5.32 Å². The van der Waals surface area contributed by atoms with Crippen LogP contribution in [0.5, 0.6) is 0 Å². The molecule has 4 heteroatoms. The first kappa shape index (κ1) is 13.1. The molecule has 0 radical (unpaired) electrons. The fraction of sp³-hybridized carbons (Fsp3) is 0.222. The molecule has 110 valence electrons. The molecule has 4 rings (SSSR count). The van der Waals surface area contributed by atoms with E-state index in [1.807, 2.05) is 18.2 Å². The highest BCUT2D eigenvalue weighted by atomic mass is 16.6. The second-order valence-corrected chi connectivity index (χ2v) is 5.88. The number of allylic oxidation sites excluding steroid dienone is 2. The van der Waals surface area contributed by atoms with E-state index < -0.39 is 0 Å².